The van der Waals surface area contributed by atoms with Crippen LogP contribution in [0.25, 0.3) is 0 Å². The lowest BCUT2D eigenvalue weighted by molar-refractivity contribution is -0.140. The van der Waals surface area contributed by atoms with Crippen LogP contribution in [0.3, 0.4) is 0 Å². The van der Waals surface area contributed by atoms with Gasteiger partial charge in [-0.05, 0) is 25.7 Å². The number of carboxylic acid groups (broad SMARTS) is 1. The van der Waals surface area contributed by atoms with Crippen LogP contribution in [0.1, 0.15) is 46.5 Å². The largest absolute Gasteiger partial charge is 0.480 e. The molecule has 3 nitrogen and oxygen atoms in total. The van der Waals surface area contributed by atoms with Gasteiger partial charge in [0.05, 0.1) is 0 Å². The van der Waals surface area contributed by atoms with E-state index in [1.165, 1.54) is 0 Å². The predicted octanol–water partition coefficient (Wildman–Crippen LogP) is 2.82. The first-order valence-electron chi connectivity index (χ1n) is 6.12. The highest BCUT2D eigenvalue weighted by Crippen LogP contribution is 2.11. The quantitative estimate of drug-likeness (QED) is 0.595. The highest BCUT2D eigenvalue weighted by Gasteiger charge is 2.21. The fourth-order valence-corrected chi connectivity index (χ4v) is 1.63. The van der Waals surface area contributed by atoms with E-state index in [0.29, 0.717) is 12.3 Å². The second-order valence-electron chi connectivity index (χ2n) is 4.49. The van der Waals surface area contributed by atoms with E-state index in [1.807, 2.05) is 13.0 Å². The van der Waals surface area contributed by atoms with Crippen LogP contribution >= 0.6 is 0 Å². The fourth-order valence-electron chi connectivity index (χ4n) is 1.63. The van der Waals surface area contributed by atoms with Crippen LogP contribution in [-0.4, -0.2) is 23.2 Å². The molecule has 0 rings (SSSR count). The highest BCUT2D eigenvalue weighted by atomic mass is 16.4. The first kappa shape index (κ1) is 15.2. The molecule has 0 aromatic rings. The maximum atomic E-state index is 11.0. The molecule has 0 saturated carbocycles. The SMILES string of the molecule is C=CCC(C)C(C)NC(CCCC)C(=O)O. The number of allylic oxidation sites excluding steroid dienone is 1. The molecule has 0 amide bonds. The van der Waals surface area contributed by atoms with Crippen molar-refractivity contribution >= 4 is 5.97 Å². The molecule has 0 aliphatic heterocycles. The molecular formula is C13H25NO2. The van der Waals surface area contributed by atoms with E-state index >= 15 is 0 Å². The third-order valence-corrected chi connectivity index (χ3v) is 3.00. The Kier molecular flexibility index (Phi) is 7.90. The third-order valence-electron chi connectivity index (χ3n) is 3.00. The molecule has 0 aliphatic rings. The first-order valence-corrected chi connectivity index (χ1v) is 6.12. The van der Waals surface area contributed by atoms with Gasteiger partial charge in [0.2, 0.25) is 0 Å². The van der Waals surface area contributed by atoms with Crippen LogP contribution < -0.4 is 5.32 Å². The number of aliphatic carboxylic acids is 1. The zero-order valence-corrected chi connectivity index (χ0v) is 10.7. The van der Waals surface area contributed by atoms with Gasteiger partial charge in [-0.2, -0.15) is 0 Å². The van der Waals surface area contributed by atoms with Gasteiger partial charge in [0.25, 0.3) is 0 Å². The van der Waals surface area contributed by atoms with Crippen molar-refractivity contribution in [2.24, 2.45) is 5.92 Å². The zero-order valence-electron chi connectivity index (χ0n) is 10.7. The molecule has 3 atom stereocenters. The number of carbonyl (C=O) groups is 1. The number of rotatable bonds is 9. The van der Waals surface area contributed by atoms with Gasteiger partial charge in [-0.25, -0.2) is 0 Å². The van der Waals surface area contributed by atoms with Crippen molar-refractivity contribution in [1.29, 1.82) is 0 Å². The Bertz CT molecular complexity index is 216. The summed E-state index contributed by atoms with van der Waals surface area (Å²) in [5.74, 6) is -0.327. The highest BCUT2D eigenvalue weighted by molar-refractivity contribution is 5.73. The lowest BCUT2D eigenvalue weighted by Gasteiger charge is -2.24. The Morgan fingerprint density at radius 2 is 2.12 bits per heavy atom. The summed E-state index contributed by atoms with van der Waals surface area (Å²) >= 11 is 0. The van der Waals surface area contributed by atoms with Crippen LogP contribution in [0.15, 0.2) is 12.7 Å². The average molecular weight is 227 g/mol. The molecule has 0 fully saturated rings. The summed E-state index contributed by atoms with van der Waals surface area (Å²) in [7, 11) is 0. The number of hydrogen-bond donors (Lipinski definition) is 2. The zero-order chi connectivity index (χ0) is 12.6. The summed E-state index contributed by atoms with van der Waals surface area (Å²) in [6.07, 6.45) is 5.48. The summed E-state index contributed by atoms with van der Waals surface area (Å²) < 4.78 is 0. The van der Waals surface area contributed by atoms with Crippen molar-refractivity contribution in [1.82, 2.24) is 5.32 Å². The minimum atomic E-state index is -0.744. The molecule has 94 valence electrons. The van der Waals surface area contributed by atoms with Crippen LogP contribution in [0.2, 0.25) is 0 Å². The van der Waals surface area contributed by atoms with Crippen molar-refractivity contribution in [3.05, 3.63) is 12.7 Å². The lowest BCUT2D eigenvalue weighted by atomic mass is 9.98. The van der Waals surface area contributed by atoms with E-state index in [0.717, 1.165) is 19.3 Å². The molecule has 0 heterocycles. The van der Waals surface area contributed by atoms with Gasteiger partial charge in [-0.15, -0.1) is 6.58 Å². The van der Waals surface area contributed by atoms with Crippen molar-refractivity contribution in [2.45, 2.75) is 58.5 Å². The van der Waals surface area contributed by atoms with E-state index in [9.17, 15) is 4.79 Å². The van der Waals surface area contributed by atoms with Crippen LogP contribution in [0.5, 0.6) is 0 Å². The summed E-state index contributed by atoms with van der Waals surface area (Å²) in [4.78, 5) is 11.0. The Hall–Kier alpha value is -0.830. The van der Waals surface area contributed by atoms with Crippen molar-refractivity contribution in [3.8, 4) is 0 Å². The molecule has 0 aromatic heterocycles. The molecule has 3 unspecified atom stereocenters. The van der Waals surface area contributed by atoms with E-state index in [1.54, 1.807) is 0 Å². The molecule has 0 saturated heterocycles. The molecule has 0 spiro atoms. The Balaban J connectivity index is 4.16. The second kappa shape index (κ2) is 8.34. The van der Waals surface area contributed by atoms with Gasteiger partial charge < -0.3 is 10.4 Å². The molecule has 0 aliphatic carbocycles. The van der Waals surface area contributed by atoms with Gasteiger partial charge in [-0.3, -0.25) is 4.79 Å². The standard InChI is InChI=1S/C13H25NO2/c1-5-7-9-12(13(15)16)14-11(4)10(3)8-6-2/h6,10-12,14H,2,5,7-9H2,1,3-4H3,(H,15,16). The summed E-state index contributed by atoms with van der Waals surface area (Å²) in [5, 5.41) is 12.3. The van der Waals surface area contributed by atoms with E-state index in [-0.39, 0.29) is 6.04 Å². The first-order chi connectivity index (χ1) is 7.52. The van der Waals surface area contributed by atoms with Gasteiger partial charge in [-0.1, -0.05) is 32.8 Å². The third kappa shape index (κ3) is 5.91. The maximum absolute atomic E-state index is 11.0. The topological polar surface area (TPSA) is 49.3 Å². The molecule has 3 heteroatoms. The van der Waals surface area contributed by atoms with Crippen LogP contribution in [0, 0.1) is 5.92 Å². The molecular weight excluding hydrogens is 202 g/mol. The molecule has 0 bridgehead atoms. The van der Waals surface area contributed by atoms with Crippen molar-refractivity contribution < 1.29 is 9.90 Å². The van der Waals surface area contributed by atoms with Crippen LogP contribution in [0.4, 0.5) is 0 Å². The van der Waals surface area contributed by atoms with Gasteiger partial charge in [0.1, 0.15) is 6.04 Å². The van der Waals surface area contributed by atoms with Crippen molar-refractivity contribution in [2.75, 3.05) is 0 Å². The maximum Gasteiger partial charge on any atom is 0.320 e. The minimum Gasteiger partial charge on any atom is -0.480 e. The fraction of sp³-hybridized carbons (Fsp3) is 0.769. The number of unbranched alkanes of at least 4 members (excludes halogenated alkanes) is 1. The van der Waals surface area contributed by atoms with Gasteiger partial charge >= 0.3 is 5.97 Å². The number of hydrogen-bond acceptors (Lipinski definition) is 2. The predicted molar refractivity (Wildman–Crippen MR) is 67.5 cm³/mol. The second-order valence-corrected chi connectivity index (χ2v) is 4.49. The van der Waals surface area contributed by atoms with Crippen LogP contribution in [-0.2, 0) is 4.79 Å². The van der Waals surface area contributed by atoms with Crippen molar-refractivity contribution in [3.63, 3.8) is 0 Å². The summed E-state index contributed by atoms with van der Waals surface area (Å²) in [5.41, 5.74) is 0. The van der Waals surface area contributed by atoms with Gasteiger partial charge in [0, 0.05) is 6.04 Å². The van der Waals surface area contributed by atoms with E-state index < -0.39 is 12.0 Å². The molecule has 0 radical (unpaired) electrons. The Morgan fingerprint density at radius 3 is 2.56 bits per heavy atom. The van der Waals surface area contributed by atoms with E-state index in [4.69, 9.17) is 5.11 Å². The number of carboxylic acids is 1. The molecule has 16 heavy (non-hydrogen) atoms. The smallest absolute Gasteiger partial charge is 0.320 e. The summed E-state index contributed by atoms with van der Waals surface area (Å²) in [6.45, 7) is 9.92. The monoisotopic (exact) mass is 227 g/mol. The lowest BCUT2D eigenvalue weighted by Crippen LogP contribution is -2.44. The molecule has 0 aromatic carbocycles. The normalized spacial score (nSPS) is 16.4. The van der Waals surface area contributed by atoms with E-state index in [2.05, 4.69) is 25.7 Å². The number of nitrogens with one attached hydrogen (secondary N) is 1. The average Bonchev–Trinajstić information content (AvgIpc) is 2.23. The molecule has 2 N–H and O–H groups in total. The minimum absolute atomic E-state index is 0.205. The summed E-state index contributed by atoms with van der Waals surface area (Å²) in [6, 6.07) is -0.210. The Labute approximate surface area is 98.9 Å². The Morgan fingerprint density at radius 1 is 1.50 bits per heavy atom. The van der Waals surface area contributed by atoms with Gasteiger partial charge in [0.15, 0.2) is 0 Å².